The Morgan fingerprint density at radius 1 is 1.12 bits per heavy atom. The minimum Gasteiger partial charge on any atom is -0.497 e. The van der Waals surface area contributed by atoms with Crippen molar-refractivity contribution in [3.8, 4) is 5.75 Å². The Bertz CT molecular complexity index is 714. The van der Waals surface area contributed by atoms with Crippen LogP contribution in [0.1, 0.15) is 11.1 Å². The molecule has 0 atom stereocenters. The third-order valence-electron chi connectivity index (χ3n) is 3.48. The van der Waals surface area contributed by atoms with Crippen LogP contribution in [0.2, 0.25) is 0 Å². The molecule has 2 rings (SSSR count). The number of benzene rings is 2. The number of para-hydroxylation sites is 1. The number of nitrogens with zero attached hydrogens (tertiary/aromatic N) is 2. The summed E-state index contributed by atoms with van der Waals surface area (Å²) in [6, 6.07) is 14.3. The highest BCUT2D eigenvalue weighted by atomic mass is 16.6. The fraction of sp³-hybridized carbons (Fsp3) is 0.235. The SMILES string of the molecule is CN=C(NCc1ccc(OC)cc1)NCc1ccccc1[N+](=O)[O-]. The molecule has 2 aromatic carbocycles. The van der Waals surface area contributed by atoms with E-state index in [0.29, 0.717) is 24.6 Å². The van der Waals surface area contributed by atoms with Crippen molar-refractivity contribution in [2.45, 2.75) is 13.1 Å². The first-order valence-electron chi connectivity index (χ1n) is 7.43. The molecule has 0 heterocycles. The average Bonchev–Trinajstić information content (AvgIpc) is 2.62. The number of nitro groups is 1. The monoisotopic (exact) mass is 328 g/mol. The summed E-state index contributed by atoms with van der Waals surface area (Å²) in [5, 5.41) is 17.3. The number of nitro benzene ring substituents is 1. The first-order chi connectivity index (χ1) is 11.6. The van der Waals surface area contributed by atoms with E-state index in [9.17, 15) is 10.1 Å². The second kappa shape index (κ2) is 8.52. The molecule has 0 aromatic heterocycles. The molecule has 0 aliphatic carbocycles. The van der Waals surface area contributed by atoms with Crippen molar-refractivity contribution in [3.05, 3.63) is 69.8 Å². The van der Waals surface area contributed by atoms with Crippen molar-refractivity contribution in [2.75, 3.05) is 14.2 Å². The largest absolute Gasteiger partial charge is 0.497 e. The topological polar surface area (TPSA) is 88.8 Å². The van der Waals surface area contributed by atoms with Crippen LogP contribution in [0.25, 0.3) is 0 Å². The lowest BCUT2D eigenvalue weighted by Crippen LogP contribution is -2.36. The minimum absolute atomic E-state index is 0.0932. The van der Waals surface area contributed by atoms with Gasteiger partial charge in [0.25, 0.3) is 5.69 Å². The summed E-state index contributed by atoms with van der Waals surface area (Å²) in [6.07, 6.45) is 0. The summed E-state index contributed by atoms with van der Waals surface area (Å²) in [5.41, 5.74) is 1.77. The summed E-state index contributed by atoms with van der Waals surface area (Å²) in [6.45, 7) is 0.903. The highest BCUT2D eigenvalue weighted by Gasteiger charge is 2.12. The maximum atomic E-state index is 11.0. The smallest absolute Gasteiger partial charge is 0.274 e. The zero-order valence-electron chi connectivity index (χ0n) is 13.7. The molecule has 0 amide bonds. The minimum atomic E-state index is -0.384. The fourth-order valence-corrected chi connectivity index (χ4v) is 2.17. The molecule has 2 N–H and O–H groups in total. The highest BCUT2D eigenvalue weighted by molar-refractivity contribution is 5.79. The Kier molecular flexibility index (Phi) is 6.13. The maximum Gasteiger partial charge on any atom is 0.274 e. The lowest BCUT2D eigenvalue weighted by Gasteiger charge is -2.12. The van der Waals surface area contributed by atoms with Gasteiger partial charge in [0.2, 0.25) is 0 Å². The van der Waals surface area contributed by atoms with E-state index in [-0.39, 0.29) is 10.6 Å². The molecular weight excluding hydrogens is 308 g/mol. The van der Waals surface area contributed by atoms with Gasteiger partial charge in [-0.05, 0) is 17.7 Å². The number of hydrogen-bond acceptors (Lipinski definition) is 4. The lowest BCUT2D eigenvalue weighted by molar-refractivity contribution is -0.385. The summed E-state index contributed by atoms with van der Waals surface area (Å²) in [4.78, 5) is 14.8. The molecule has 24 heavy (non-hydrogen) atoms. The van der Waals surface area contributed by atoms with Gasteiger partial charge in [-0.1, -0.05) is 30.3 Å². The van der Waals surface area contributed by atoms with Crippen LogP contribution in [0.3, 0.4) is 0 Å². The van der Waals surface area contributed by atoms with Crippen molar-refractivity contribution < 1.29 is 9.66 Å². The maximum absolute atomic E-state index is 11.0. The van der Waals surface area contributed by atoms with Gasteiger partial charge < -0.3 is 15.4 Å². The highest BCUT2D eigenvalue weighted by Crippen LogP contribution is 2.17. The van der Waals surface area contributed by atoms with Gasteiger partial charge in [-0.15, -0.1) is 0 Å². The Morgan fingerprint density at radius 3 is 2.42 bits per heavy atom. The molecule has 0 radical (unpaired) electrons. The fourth-order valence-electron chi connectivity index (χ4n) is 2.17. The molecule has 7 heteroatoms. The van der Waals surface area contributed by atoms with E-state index in [2.05, 4.69) is 15.6 Å². The van der Waals surface area contributed by atoms with Gasteiger partial charge in [-0.2, -0.15) is 0 Å². The standard InChI is InChI=1S/C17H20N4O3/c1-18-17(19-11-13-7-9-15(24-2)10-8-13)20-12-14-5-3-4-6-16(14)21(22)23/h3-10H,11-12H2,1-2H3,(H2,18,19,20). The number of aliphatic imine (C=N–C) groups is 1. The third kappa shape index (κ3) is 4.70. The van der Waals surface area contributed by atoms with E-state index in [1.165, 1.54) is 6.07 Å². The van der Waals surface area contributed by atoms with Crippen LogP contribution in [0, 0.1) is 10.1 Å². The van der Waals surface area contributed by atoms with Crippen molar-refractivity contribution >= 4 is 11.6 Å². The van der Waals surface area contributed by atoms with Gasteiger partial charge in [0.15, 0.2) is 5.96 Å². The zero-order valence-corrected chi connectivity index (χ0v) is 13.7. The predicted molar refractivity (Wildman–Crippen MR) is 93.1 cm³/mol. The van der Waals surface area contributed by atoms with Gasteiger partial charge in [-0.3, -0.25) is 15.1 Å². The van der Waals surface area contributed by atoms with Gasteiger partial charge in [0.05, 0.1) is 12.0 Å². The van der Waals surface area contributed by atoms with E-state index >= 15 is 0 Å². The number of methoxy groups -OCH3 is 1. The van der Waals surface area contributed by atoms with Crippen LogP contribution in [-0.4, -0.2) is 25.0 Å². The van der Waals surface area contributed by atoms with Crippen molar-refractivity contribution in [3.63, 3.8) is 0 Å². The van der Waals surface area contributed by atoms with E-state index < -0.39 is 0 Å². The number of hydrogen-bond donors (Lipinski definition) is 2. The molecular formula is C17H20N4O3. The summed E-state index contributed by atoms with van der Waals surface area (Å²) in [7, 11) is 3.28. The first-order valence-corrected chi connectivity index (χ1v) is 7.43. The van der Waals surface area contributed by atoms with E-state index in [4.69, 9.17) is 4.74 Å². The molecule has 0 saturated heterocycles. The van der Waals surface area contributed by atoms with Gasteiger partial charge >= 0.3 is 0 Å². The van der Waals surface area contributed by atoms with E-state index in [1.54, 1.807) is 32.4 Å². The Labute approximate surface area is 140 Å². The number of ether oxygens (including phenoxy) is 1. The summed E-state index contributed by atoms with van der Waals surface area (Å²) >= 11 is 0. The quantitative estimate of drug-likeness (QED) is 0.368. The van der Waals surface area contributed by atoms with Crippen molar-refractivity contribution in [1.82, 2.24) is 10.6 Å². The Hall–Kier alpha value is -3.09. The van der Waals surface area contributed by atoms with Crippen molar-refractivity contribution in [1.29, 1.82) is 0 Å². The molecule has 0 spiro atoms. The molecule has 0 saturated carbocycles. The second-order valence-corrected chi connectivity index (χ2v) is 5.01. The van der Waals surface area contributed by atoms with Gasteiger partial charge in [0.1, 0.15) is 5.75 Å². The van der Waals surface area contributed by atoms with Crippen LogP contribution in [-0.2, 0) is 13.1 Å². The van der Waals surface area contributed by atoms with Crippen LogP contribution in [0.5, 0.6) is 5.75 Å². The normalized spacial score (nSPS) is 11.0. The van der Waals surface area contributed by atoms with Gasteiger partial charge in [-0.25, -0.2) is 0 Å². The second-order valence-electron chi connectivity index (χ2n) is 5.01. The third-order valence-corrected chi connectivity index (χ3v) is 3.48. The Morgan fingerprint density at radius 2 is 1.79 bits per heavy atom. The van der Waals surface area contributed by atoms with Crippen LogP contribution >= 0.6 is 0 Å². The number of nitrogens with one attached hydrogen (secondary N) is 2. The molecule has 0 unspecified atom stereocenters. The molecule has 0 aliphatic rings. The van der Waals surface area contributed by atoms with E-state index in [0.717, 1.165) is 11.3 Å². The van der Waals surface area contributed by atoms with Crippen molar-refractivity contribution in [2.24, 2.45) is 4.99 Å². The first kappa shape index (κ1) is 17.3. The number of guanidine groups is 1. The van der Waals surface area contributed by atoms with Gasteiger partial charge in [0, 0.05) is 31.8 Å². The molecule has 0 bridgehead atoms. The molecule has 0 fully saturated rings. The summed E-state index contributed by atoms with van der Waals surface area (Å²) < 4.78 is 5.12. The summed E-state index contributed by atoms with van der Waals surface area (Å²) in [5.74, 6) is 1.38. The van der Waals surface area contributed by atoms with E-state index in [1.807, 2.05) is 24.3 Å². The predicted octanol–water partition coefficient (Wildman–Crippen LogP) is 2.47. The zero-order chi connectivity index (χ0) is 17.4. The molecule has 7 nitrogen and oxygen atoms in total. The average molecular weight is 328 g/mol. The van der Waals surface area contributed by atoms with Crippen LogP contribution < -0.4 is 15.4 Å². The lowest BCUT2D eigenvalue weighted by atomic mass is 10.2. The molecule has 2 aromatic rings. The Balaban J connectivity index is 1.92. The van der Waals surface area contributed by atoms with Crippen LogP contribution in [0.15, 0.2) is 53.5 Å². The number of rotatable bonds is 6. The van der Waals surface area contributed by atoms with Crippen LogP contribution in [0.4, 0.5) is 5.69 Å². The molecule has 126 valence electrons. The molecule has 0 aliphatic heterocycles.